The summed E-state index contributed by atoms with van der Waals surface area (Å²) in [6.45, 7) is 9.04. The van der Waals surface area contributed by atoms with Crippen LogP contribution in [0.15, 0.2) is 4.99 Å². The molecule has 0 aromatic rings. The van der Waals surface area contributed by atoms with Crippen LogP contribution < -0.4 is 5.32 Å². The fourth-order valence-electron chi connectivity index (χ4n) is 1.94. The van der Waals surface area contributed by atoms with Crippen molar-refractivity contribution in [3.8, 4) is 0 Å². The Morgan fingerprint density at radius 3 is 2.76 bits per heavy atom. The van der Waals surface area contributed by atoms with Crippen molar-refractivity contribution in [1.82, 2.24) is 5.32 Å². The van der Waals surface area contributed by atoms with E-state index < -0.39 is 0 Å². The smallest absolute Gasteiger partial charge is 0.157 e. The summed E-state index contributed by atoms with van der Waals surface area (Å²) in [6, 6.07) is 1.05. The van der Waals surface area contributed by atoms with Gasteiger partial charge in [0, 0.05) is 11.8 Å². The Hall–Kier alpha value is -0.180. The first-order valence-electron chi connectivity index (χ1n) is 7.10. The van der Waals surface area contributed by atoms with Crippen LogP contribution in [0.4, 0.5) is 0 Å². The second kappa shape index (κ2) is 8.02. The molecule has 0 fully saturated rings. The van der Waals surface area contributed by atoms with E-state index in [0.717, 1.165) is 0 Å². The minimum Gasteiger partial charge on any atom is -0.362 e. The van der Waals surface area contributed by atoms with Gasteiger partial charge in [0.2, 0.25) is 0 Å². The lowest BCUT2D eigenvalue weighted by Gasteiger charge is -2.25. The molecular weight excluding hydrogens is 228 g/mol. The van der Waals surface area contributed by atoms with Gasteiger partial charge in [-0.3, -0.25) is 4.99 Å². The third-order valence-corrected chi connectivity index (χ3v) is 4.68. The molecular formula is C14H28N2S. The molecule has 2 nitrogen and oxygen atoms in total. The van der Waals surface area contributed by atoms with E-state index in [2.05, 4.69) is 33.0 Å². The van der Waals surface area contributed by atoms with Gasteiger partial charge in [0.05, 0.1) is 6.04 Å². The predicted molar refractivity (Wildman–Crippen MR) is 79.9 cm³/mol. The van der Waals surface area contributed by atoms with E-state index in [9.17, 15) is 0 Å². The molecule has 3 unspecified atom stereocenters. The van der Waals surface area contributed by atoms with Crippen LogP contribution in [0.1, 0.15) is 59.8 Å². The van der Waals surface area contributed by atoms with Crippen LogP contribution in [0.2, 0.25) is 0 Å². The van der Waals surface area contributed by atoms with Gasteiger partial charge in [-0.25, -0.2) is 0 Å². The molecule has 0 aromatic carbocycles. The zero-order valence-corrected chi connectivity index (χ0v) is 12.6. The molecule has 3 heteroatoms. The van der Waals surface area contributed by atoms with Crippen molar-refractivity contribution in [1.29, 1.82) is 0 Å². The minimum atomic E-state index is 0.478. The number of hydrogen-bond acceptors (Lipinski definition) is 3. The zero-order valence-electron chi connectivity index (χ0n) is 11.8. The summed E-state index contributed by atoms with van der Waals surface area (Å²) in [7, 11) is 0. The number of rotatable bonds is 6. The predicted octanol–water partition coefficient (Wildman–Crippen LogP) is 4.06. The summed E-state index contributed by atoms with van der Waals surface area (Å²) in [5.41, 5.74) is 0. The molecule has 1 aliphatic heterocycles. The van der Waals surface area contributed by atoms with Crippen molar-refractivity contribution in [3.63, 3.8) is 0 Å². The van der Waals surface area contributed by atoms with Gasteiger partial charge in [0.1, 0.15) is 0 Å². The second-order valence-corrected chi connectivity index (χ2v) is 6.37. The maximum atomic E-state index is 4.72. The number of nitrogens with zero attached hydrogens (tertiary/aromatic N) is 1. The van der Waals surface area contributed by atoms with Crippen LogP contribution in [0, 0.1) is 5.92 Å². The standard InChI is InChI=1S/C14H28N2S/c1-5-6-7-8-9-12(3)15-14-16-13(4)11(2)10-17-14/h11-13H,5-10H2,1-4H3,(H,15,16). The van der Waals surface area contributed by atoms with Crippen LogP contribution >= 0.6 is 11.8 Å². The molecule has 0 saturated carbocycles. The van der Waals surface area contributed by atoms with Gasteiger partial charge in [-0.15, -0.1) is 0 Å². The van der Waals surface area contributed by atoms with Gasteiger partial charge < -0.3 is 5.32 Å². The Morgan fingerprint density at radius 1 is 1.35 bits per heavy atom. The van der Waals surface area contributed by atoms with Gasteiger partial charge >= 0.3 is 0 Å². The van der Waals surface area contributed by atoms with Gasteiger partial charge in [-0.2, -0.15) is 0 Å². The number of hydrogen-bond donors (Lipinski definition) is 1. The lowest BCUT2D eigenvalue weighted by Crippen LogP contribution is -2.35. The Balaban J connectivity index is 2.22. The summed E-state index contributed by atoms with van der Waals surface area (Å²) in [6.07, 6.45) is 6.67. The first kappa shape index (κ1) is 14.9. The molecule has 0 amide bonds. The molecule has 17 heavy (non-hydrogen) atoms. The maximum absolute atomic E-state index is 4.72. The Kier molecular flexibility index (Phi) is 7.02. The average molecular weight is 256 g/mol. The third kappa shape index (κ3) is 5.80. The highest BCUT2D eigenvalue weighted by Crippen LogP contribution is 2.22. The number of amidine groups is 1. The molecule has 0 saturated heterocycles. The Labute approximate surface area is 111 Å². The summed E-state index contributed by atoms with van der Waals surface area (Å²) < 4.78 is 0. The van der Waals surface area contributed by atoms with E-state index in [1.165, 1.54) is 43.0 Å². The molecule has 0 aliphatic carbocycles. The lowest BCUT2D eigenvalue weighted by molar-refractivity contribution is 0.520. The monoisotopic (exact) mass is 256 g/mol. The summed E-state index contributed by atoms with van der Waals surface area (Å²) in [5, 5.41) is 4.73. The third-order valence-electron chi connectivity index (χ3n) is 3.49. The first-order valence-corrected chi connectivity index (χ1v) is 8.09. The zero-order chi connectivity index (χ0) is 12.7. The molecule has 1 aliphatic rings. The first-order chi connectivity index (χ1) is 8.13. The maximum Gasteiger partial charge on any atom is 0.157 e. The van der Waals surface area contributed by atoms with E-state index in [0.29, 0.717) is 18.0 Å². The van der Waals surface area contributed by atoms with Crippen molar-refractivity contribution in [2.24, 2.45) is 10.9 Å². The highest BCUT2D eigenvalue weighted by atomic mass is 32.2. The molecule has 3 atom stereocenters. The van der Waals surface area contributed by atoms with Gasteiger partial charge in [-0.05, 0) is 26.2 Å². The highest BCUT2D eigenvalue weighted by molar-refractivity contribution is 8.13. The molecule has 0 bridgehead atoms. The molecule has 1 rings (SSSR count). The van der Waals surface area contributed by atoms with E-state index in [1.54, 1.807) is 0 Å². The van der Waals surface area contributed by atoms with Crippen molar-refractivity contribution in [2.75, 3.05) is 5.75 Å². The van der Waals surface area contributed by atoms with Crippen LogP contribution in [-0.4, -0.2) is 23.0 Å². The molecule has 0 spiro atoms. The summed E-state index contributed by atoms with van der Waals surface area (Å²) >= 11 is 1.89. The molecule has 1 heterocycles. The molecule has 0 radical (unpaired) electrons. The van der Waals surface area contributed by atoms with E-state index >= 15 is 0 Å². The fourth-order valence-corrected chi connectivity index (χ4v) is 3.16. The normalized spacial score (nSPS) is 26.5. The van der Waals surface area contributed by atoms with Gasteiger partial charge in [-0.1, -0.05) is 51.3 Å². The summed E-state index contributed by atoms with van der Waals surface area (Å²) in [5.74, 6) is 1.92. The van der Waals surface area contributed by atoms with Crippen molar-refractivity contribution in [2.45, 2.75) is 71.9 Å². The van der Waals surface area contributed by atoms with Crippen LogP contribution in [-0.2, 0) is 0 Å². The summed E-state index contributed by atoms with van der Waals surface area (Å²) in [4.78, 5) is 4.72. The molecule has 100 valence electrons. The van der Waals surface area contributed by atoms with Crippen molar-refractivity contribution < 1.29 is 0 Å². The number of thioether (sulfide) groups is 1. The number of aliphatic imine (C=N–C) groups is 1. The van der Waals surface area contributed by atoms with Crippen molar-refractivity contribution >= 4 is 16.9 Å². The quantitative estimate of drug-likeness (QED) is 0.725. The average Bonchev–Trinajstić information content (AvgIpc) is 2.30. The topological polar surface area (TPSA) is 24.4 Å². The molecule has 1 N–H and O–H groups in total. The van der Waals surface area contributed by atoms with Crippen LogP contribution in [0.5, 0.6) is 0 Å². The number of nitrogens with one attached hydrogen (secondary N) is 1. The number of unbranched alkanes of at least 4 members (excludes halogenated alkanes) is 3. The Morgan fingerprint density at radius 2 is 2.12 bits per heavy atom. The van der Waals surface area contributed by atoms with Crippen LogP contribution in [0.3, 0.4) is 0 Å². The van der Waals surface area contributed by atoms with Crippen molar-refractivity contribution in [3.05, 3.63) is 0 Å². The van der Waals surface area contributed by atoms with E-state index in [1.807, 2.05) is 11.8 Å². The van der Waals surface area contributed by atoms with Gasteiger partial charge in [0.15, 0.2) is 5.17 Å². The lowest BCUT2D eigenvalue weighted by atomic mass is 10.1. The second-order valence-electron chi connectivity index (χ2n) is 5.36. The van der Waals surface area contributed by atoms with E-state index in [4.69, 9.17) is 4.99 Å². The molecule has 0 aromatic heterocycles. The van der Waals surface area contributed by atoms with Crippen LogP contribution in [0.25, 0.3) is 0 Å². The largest absolute Gasteiger partial charge is 0.362 e. The minimum absolute atomic E-state index is 0.478. The van der Waals surface area contributed by atoms with Gasteiger partial charge in [0.25, 0.3) is 0 Å². The SMILES string of the molecule is CCCCCCC(C)NC1=NC(C)C(C)CS1. The van der Waals surface area contributed by atoms with E-state index in [-0.39, 0.29) is 0 Å². The fraction of sp³-hybridized carbons (Fsp3) is 0.929. The highest BCUT2D eigenvalue weighted by Gasteiger charge is 2.19. The Bertz CT molecular complexity index is 240.